The van der Waals surface area contributed by atoms with Gasteiger partial charge in [0, 0.05) is 27.6 Å². The van der Waals surface area contributed by atoms with Crippen LogP contribution >= 0.6 is 11.6 Å². The lowest BCUT2D eigenvalue weighted by Crippen LogP contribution is -2.23. The summed E-state index contributed by atoms with van der Waals surface area (Å²) in [7, 11) is 0. The Kier molecular flexibility index (Phi) is 6.67. The van der Waals surface area contributed by atoms with Crippen LogP contribution in [0.25, 0.3) is 0 Å². The van der Waals surface area contributed by atoms with Crippen LogP contribution in [0.3, 0.4) is 0 Å². The van der Waals surface area contributed by atoms with Crippen LogP contribution < -0.4 is 21.7 Å². The summed E-state index contributed by atoms with van der Waals surface area (Å²) in [5.74, 6) is -1.17. The van der Waals surface area contributed by atoms with E-state index in [-0.39, 0.29) is 18.4 Å². The third-order valence-electron chi connectivity index (χ3n) is 4.17. The summed E-state index contributed by atoms with van der Waals surface area (Å²) in [5, 5.41) is 9.04. The molecule has 3 aromatic rings. The number of primary amides is 1. The molecule has 5 N–H and O–H groups in total. The van der Waals surface area contributed by atoms with Crippen molar-refractivity contribution < 1.29 is 14.4 Å². The summed E-state index contributed by atoms with van der Waals surface area (Å²) >= 11 is 5.86. The Balaban J connectivity index is 1.61. The van der Waals surface area contributed by atoms with Crippen LogP contribution in [-0.2, 0) is 4.79 Å². The van der Waals surface area contributed by atoms with E-state index in [0.717, 1.165) is 0 Å². The highest BCUT2D eigenvalue weighted by atomic mass is 35.5. The quantitative estimate of drug-likeness (QED) is 0.464. The topological polar surface area (TPSA) is 113 Å². The molecule has 0 saturated heterocycles. The van der Waals surface area contributed by atoms with E-state index < -0.39 is 5.91 Å². The van der Waals surface area contributed by atoms with E-state index in [1.54, 1.807) is 60.7 Å². The minimum absolute atomic E-state index is 0.0528. The summed E-state index contributed by atoms with van der Waals surface area (Å²) in [6.45, 7) is -0.0528. The molecule has 0 aliphatic heterocycles. The van der Waals surface area contributed by atoms with E-state index in [0.29, 0.717) is 33.2 Å². The molecule has 0 spiro atoms. The van der Waals surface area contributed by atoms with Crippen LogP contribution in [0.15, 0.2) is 72.8 Å². The summed E-state index contributed by atoms with van der Waals surface area (Å²) in [6, 6.07) is 19.9. The zero-order valence-electron chi connectivity index (χ0n) is 15.8. The lowest BCUT2D eigenvalue weighted by atomic mass is 10.1. The van der Waals surface area contributed by atoms with Crippen molar-refractivity contribution in [2.24, 2.45) is 5.73 Å². The van der Waals surface area contributed by atoms with E-state index in [9.17, 15) is 14.4 Å². The molecule has 0 heterocycles. The fourth-order valence-electron chi connectivity index (χ4n) is 2.67. The average molecular weight is 423 g/mol. The number of nitrogens with two attached hydrogens (primary N) is 1. The van der Waals surface area contributed by atoms with Gasteiger partial charge in [0.25, 0.3) is 5.91 Å². The second-order valence-electron chi connectivity index (χ2n) is 6.35. The highest BCUT2D eigenvalue weighted by Gasteiger charge is 2.12. The highest BCUT2D eigenvalue weighted by Crippen LogP contribution is 2.19. The molecule has 0 saturated carbocycles. The SMILES string of the molecule is NC(=O)c1ccc(NC(=O)CNc2ccccc2C(=O)Nc2ccc(Cl)cc2)cc1. The molecule has 0 aliphatic carbocycles. The molecule has 0 fully saturated rings. The maximum atomic E-state index is 12.6. The molecule has 0 unspecified atom stereocenters. The lowest BCUT2D eigenvalue weighted by molar-refractivity contribution is -0.114. The number of carbonyl (C=O) groups is 3. The zero-order valence-corrected chi connectivity index (χ0v) is 16.6. The number of hydrogen-bond donors (Lipinski definition) is 4. The first-order chi connectivity index (χ1) is 14.4. The number of amides is 3. The van der Waals surface area contributed by atoms with Gasteiger partial charge in [0.05, 0.1) is 12.1 Å². The molecule has 0 aromatic heterocycles. The Morgan fingerprint density at radius 3 is 2.07 bits per heavy atom. The van der Waals surface area contributed by atoms with Gasteiger partial charge < -0.3 is 21.7 Å². The largest absolute Gasteiger partial charge is 0.376 e. The number of halogens is 1. The van der Waals surface area contributed by atoms with Crippen molar-refractivity contribution in [2.75, 3.05) is 22.5 Å². The van der Waals surface area contributed by atoms with Gasteiger partial charge in [-0.2, -0.15) is 0 Å². The van der Waals surface area contributed by atoms with Crippen LogP contribution in [0.1, 0.15) is 20.7 Å². The number of benzene rings is 3. The van der Waals surface area contributed by atoms with E-state index in [4.69, 9.17) is 17.3 Å². The van der Waals surface area contributed by atoms with Gasteiger partial charge in [0.2, 0.25) is 11.8 Å². The summed E-state index contributed by atoms with van der Waals surface area (Å²) in [6.07, 6.45) is 0. The van der Waals surface area contributed by atoms with Crippen LogP contribution in [0, 0.1) is 0 Å². The Labute approximate surface area is 178 Å². The molecule has 3 rings (SSSR count). The second kappa shape index (κ2) is 9.58. The smallest absolute Gasteiger partial charge is 0.257 e. The normalized spacial score (nSPS) is 10.2. The van der Waals surface area contributed by atoms with Gasteiger partial charge in [-0.05, 0) is 60.7 Å². The molecule has 0 bridgehead atoms. The molecule has 0 atom stereocenters. The number of anilines is 3. The Hall–Kier alpha value is -3.84. The van der Waals surface area contributed by atoms with E-state index in [1.807, 2.05) is 0 Å². The third-order valence-corrected chi connectivity index (χ3v) is 4.42. The first kappa shape index (κ1) is 20.9. The Morgan fingerprint density at radius 1 is 0.800 bits per heavy atom. The van der Waals surface area contributed by atoms with E-state index >= 15 is 0 Å². The second-order valence-corrected chi connectivity index (χ2v) is 6.79. The molecule has 30 heavy (non-hydrogen) atoms. The lowest BCUT2D eigenvalue weighted by Gasteiger charge is -2.12. The molecule has 0 radical (unpaired) electrons. The van der Waals surface area contributed by atoms with Crippen molar-refractivity contribution in [1.29, 1.82) is 0 Å². The van der Waals surface area contributed by atoms with Gasteiger partial charge >= 0.3 is 0 Å². The van der Waals surface area contributed by atoms with Crippen molar-refractivity contribution in [3.63, 3.8) is 0 Å². The number of hydrogen-bond acceptors (Lipinski definition) is 4. The molecule has 3 amide bonds. The Bertz CT molecular complexity index is 1070. The first-order valence-electron chi connectivity index (χ1n) is 9.02. The highest BCUT2D eigenvalue weighted by molar-refractivity contribution is 6.30. The summed E-state index contributed by atoms with van der Waals surface area (Å²) in [5.41, 5.74) is 7.60. The number of para-hydroxylation sites is 1. The zero-order chi connectivity index (χ0) is 21.5. The molecule has 7 nitrogen and oxygen atoms in total. The predicted octanol–water partition coefficient (Wildman–Crippen LogP) is 3.74. The minimum Gasteiger partial charge on any atom is -0.376 e. The predicted molar refractivity (Wildman–Crippen MR) is 118 cm³/mol. The fourth-order valence-corrected chi connectivity index (χ4v) is 2.79. The van der Waals surface area contributed by atoms with Crippen LogP contribution in [0.5, 0.6) is 0 Å². The van der Waals surface area contributed by atoms with E-state index in [1.165, 1.54) is 12.1 Å². The molecule has 0 aliphatic rings. The summed E-state index contributed by atoms with van der Waals surface area (Å²) < 4.78 is 0. The molecule has 152 valence electrons. The Morgan fingerprint density at radius 2 is 1.40 bits per heavy atom. The maximum absolute atomic E-state index is 12.6. The van der Waals surface area contributed by atoms with Gasteiger partial charge in [0.15, 0.2) is 0 Å². The number of carbonyl (C=O) groups excluding carboxylic acids is 3. The fraction of sp³-hybridized carbons (Fsp3) is 0.0455. The van der Waals surface area contributed by atoms with Crippen LogP contribution in [0.4, 0.5) is 17.1 Å². The van der Waals surface area contributed by atoms with Gasteiger partial charge in [-0.1, -0.05) is 23.7 Å². The molecular formula is C22H19ClN4O3. The van der Waals surface area contributed by atoms with Gasteiger partial charge in [-0.3, -0.25) is 14.4 Å². The molecular weight excluding hydrogens is 404 g/mol. The van der Waals surface area contributed by atoms with Crippen molar-refractivity contribution in [1.82, 2.24) is 0 Å². The monoisotopic (exact) mass is 422 g/mol. The van der Waals surface area contributed by atoms with Gasteiger partial charge in [0.1, 0.15) is 0 Å². The molecule has 3 aromatic carbocycles. The number of nitrogens with one attached hydrogen (secondary N) is 3. The first-order valence-corrected chi connectivity index (χ1v) is 9.40. The van der Waals surface area contributed by atoms with Crippen LogP contribution in [0.2, 0.25) is 5.02 Å². The molecule has 8 heteroatoms. The van der Waals surface area contributed by atoms with Gasteiger partial charge in [-0.15, -0.1) is 0 Å². The van der Waals surface area contributed by atoms with Crippen molar-refractivity contribution in [3.05, 3.63) is 88.9 Å². The summed E-state index contributed by atoms with van der Waals surface area (Å²) in [4.78, 5) is 35.9. The van der Waals surface area contributed by atoms with Crippen molar-refractivity contribution >= 4 is 46.4 Å². The van der Waals surface area contributed by atoms with Crippen molar-refractivity contribution in [3.8, 4) is 0 Å². The minimum atomic E-state index is -0.539. The van der Waals surface area contributed by atoms with E-state index in [2.05, 4.69) is 16.0 Å². The van der Waals surface area contributed by atoms with Crippen molar-refractivity contribution in [2.45, 2.75) is 0 Å². The number of rotatable bonds is 7. The average Bonchev–Trinajstić information content (AvgIpc) is 2.74. The van der Waals surface area contributed by atoms with Crippen LogP contribution in [-0.4, -0.2) is 24.3 Å². The third kappa shape index (κ3) is 5.59. The van der Waals surface area contributed by atoms with Gasteiger partial charge in [-0.25, -0.2) is 0 Å². The standard InChI is InChI=1S/C22H19ClN4O3/c23-15-7-11-17(12-8-15)27-22(30)18-3-1-2-4-19(18)25-13-20(28)26-16-9-5-14(6-10-16)21(24)29/h1-12,25H,13H2,(H2,24,29)(H,26,28)(H,27,30). The maximum Gasteiger partial charge on any atom is 0.257 e.